The fourth-order valence-corrected chi connectivity index (χ4v) is 15.6. The second-order valence-electron chi connectivity index (χ2n) is 16.6. The van der Waals surface area contributed by atoms with Crippen molar-refractivity contribution in [2.75, 3.05) is 4.90 Å². The Morgan fingerprint density at radius 2 is 0.964 bits per heavy atom. The van der Waals surface area contributed by atoms with Crippen molar-refractivity contribution in [2.24, 2.45) is 0 Å². The van der Waals surface area contributed by atoms with E-state index in [2.05, 4.69) is 198 Å². The third-order valence-electron chi connectivity index (χ3n) is 12.5. The highest BCUT2D eigenvalue weighted by Gasteiger charge is 2.53. The predicted molar refractivity (Wildman–Crippen MR) is 237 cm³/mol. The lowest BCUT2D eigenvalue weighted by Gasteiger charge is -2.44. The first-order valence-corrected chi connectivity index (χ1v) is 22.1. The molecule has 0 atom stereocenters. The molecule has 7 aromatic rings. The molecule has 1 spiro atoms. The lowest BCUT2D eigenvalue weighted by molar-refractivity contribution is 0.487. The second-order valence-corrected chi connectivity index (χ2v) is 20.2. The molecule has 3 aliphatic heterocycles. The van der Waals surface area contributed by atoms with Crippen LogP contribution in [0.5, 0.6) is 11.5 Å². The molecule has 0 aromatic heterocycles. The quantitative estimate of drug-likeness (QED) is 0.165. The van der Waals surface area contributed by atoms with Gasteiger partial charge >= 0.3 is 0 Å². The number of benzene rings is 7. The summed E-state index contributed by atoms with van der Waals surface area (Å²) in [5, 5.41) is 5.85. The lowest BCUT2D eigenvalue weighted by Crippen LogP contribution is -2.75. The van der Waals surface area contributed by atoms with E-state index in [0.29, 0.717) is 17.8 Å². The normalized spacial score (nSPS) is 14.3. The van der Waals surface area contributed by atoms with Gasteiger partial charge in [-0.15, -0.1) is 0 Å². The highest BCUT2D eigenvalue weighted by molar-refractivity contribution is 7.23. The van der Waals surface area contributed by atoms with Gasteiger partial charge in [0.25, 0.3) is 6.71 Å². The van der Waals surface area contributed by atoms with Gasteiger partial charge in [-0.1, -0.05) is 162 Å². The third kappa shape index (κ3) is 4.87. The number of hydrogen-bond acceptors (Lipinski definition) is 2. The Balaban J connectivity index is 1.24. The van der Waals surface area contributed by atoms with Crippen molar-refractivity contribution in [3.8, 4) is 22.6 Å². The second kappa shape index (κ2) is 12.7. The van der Waals surface area contributed by atoms with Crippen LogP contribution < -0.4 is 46.8 Å². The number of fused-ring (bicyclic) bond motifs is 11. The van der Waals surface area contributed by atoms with Gasteiger partial charge in [0.15, 0.2) is 8.07 Å². The van der Waals surface area contributed by atoms with E-state index in [-0.39, 0.29) is 6.71 Å². The van der Waals surface area contributed by atoms with E-state index in [0.717, 1.165) is 17.2 Å². The molecule has 3 aliphatic rings. The molecular weight excluding hydrogens is 681 g/mol. The largest absolute Gasteiger partial charge is 0.458 e. The number of para-hydroxylation sites is 3. The maximum Gasteiger partial charge on any atom is 0.251 e. The van der Waals surface area contributed by atoms with Crippen LogP contribution >= 0.6 is 0 Å². The molecule has 55 heavy (non-hydrogen) atoms. The summed E-state index contributed by atoms with van der Waals surface area (Å²) in [5.41, 5.74) is 14.6. The van der Waals surface area contributed by atoms with Gasteiger partial charge in [-0.05, 0) is 114 Å². The van der Waals surface area contributed by atoms with Gasteiger partial charge in [0, 0.05) is 17.1 Å². The predicted octanol–water partition coefficient (Wildman–Crippen LogP) is 8.82. The molecule has 0 bridgehead atoms. The summed E-state index contributed by atoms with van der Waals surface area (Å²) in [6.45, 7) is 14.1. The smallest absolute Gasteiger partial charge is 0.251 e. The number of ether oxygens (including phenoxy) is 1. The molecule has 0 fully saturated rings. The van der Waals surface area contributed by atoms with Crippen molar-refractivity contribution in [1.82, 2.24) is 0 Å². The SMILES string of the molecule is CC(C)c1cc(C(C)C)c(B2c3ccccc3Oc3ccc(N4c5ccccc5[Si]5(c6ccccc6-c6ccccc65)c5ccccc54)cc32)c(C(C)C)c1. The first-order valence-electron chi connectivity index (χ1n) is 20.1. The van der Waals surface area contributed by atoms with Gasteiger partial charge in [0.05, 0.1) is 0 Å². The van der Waals surface area contributed by atoms with Crippen LogP contribution in [0.25, 0.3) is 11.1 Å². The van der Waals surface area contributed by atoms with Crippen LogP contribution in [0.15, 0.2) is 152 Å². The van der Waals surface area contributed by atoms with Crippen molar-refractivity contribution in [3.63, 3.8) is 0 Å². The monoisotopic (exact) mass is 727 g/mol. The Bertz CT molecular complexity index is 2530. The van der Waals surface area contributed by atoms with E-state index in [1.807, 2.05) is 0 Å². The first-order chi connectivity index (χ1) is 26.8. The molecule has 10 rings (SSSR count). The van der Waals surface area contributed by atoms with Crippen LogP contribution in [0.3, 0.4) is 0 Å². The van der Waals surface area contributed by atoms with Crippen LogP contribution in [0, 0.1) is 0 Å². The zero-order valence-electron chi connectivity index (χ0n) is 32.6. The molecule has 268 valence electrons. The molecule has 0 saturated heterocycles. The maximum absolute atomic E-state index is 6.82. The molecule has 0 saturated carbocycles. The Labute approximate surface area is 327 Å². The van der Waals surface area contributed by atoms with Crippen molar-refractivity contribution < 1.29 is 4.74 Å². The molecule has 0 N–H and O–H groups in total. The fourth-order valence-electron chi connectivity index (χ4n) is 10.1. The minimum absolute atomic E-state index is 0.0282. The standard InChI is InChI=1S/C51H46BNOSi/c1-32(2)35-29-39(33(3)4)51(40(30-35)34(5)6)52-41-19-9-12-22-45(41)54-46-28-27-36(31-42(46)52)53-43-20-10-15-25-49(43)55(50-26-16-11-21-44(50)53)47-23-13-7-17-37(47)38-18-8-14-24-48(38)55/h7-34H,1-6H3. The third-order valence-corrected chi connectivity index (χ3v) is 17.5. The van der Waals surface area contributed by atoms with Gasteiger partial charge in [0.1, 0.15) is 11.5 Å². The van der Waals surface area contributed by atoms with E-state index >= 15 is 0 Å². The Morgan fingerprint density at radius 1 is 0.473 bits per heavy atom. The average molecular weight is 728 g/mol. The van der Waals surface area contributed by atoms with Gasteiger partial charge in [-0.2, -0.15) is 0 Å². The zero-order valence-corrected chi connectivity index (χ0v) is 33.6. The highest BCUT2D eigenvalue weighted by atomic mass is 28.3. The van der Waals surface area contributed by atoms with Crippen molar-refractivity contribution >= 4 is 69.0 Å². The molecule has 0 amide bonds. The summed E-state index contributed by atoms with van der Waals surface area (Å²) in [6, 6.07) is 57.5. The number of anilines is 3. The topological polar surface area (TPSA) is 12.5 Å². The fraction of sp³-hybridized carbons (Fsp3) is 0.176. The molecule has 4 heteroatoms. The van der Waals surface area contributed by atoms with E-state index in [1.165, 1.54) is 76.3 Å². The maximum atomic E-state index is 6.82. The summed E-state index contributed by atoms with van der Waals surface area (Å²) < 4.78 is 6.82. The van der Waals surface area contributed by atoms with Gasteiger partial charge in [-0.25, -0.2) is 0 Å². The van der Waals surface area contributed by atoms with Crippen LogP contribution in [-0.2, 0) is 0 Å². The molecule has 3 heterocycles. The van der Waals surface area contributed by atoms with Crippen LogP contribution in [0.1, 0.15) is 76.0 Å². The van der Waals surface area contributed by atoms with E-state index in [4.69, 9.17) is 4.74 Å². The summed E-state index contributed by atoms with van der Waals surface area (Å²) >= 11 is 0. The van der Waals surface area contributed by atoms with Gasteiger partial charge in [0.2, 0.25) is 0 Å². The molecular formula is C51H46BNOSi. The first kappa shape index (κ1) is 34.0. The highest BCUT2D eigenvalue weighted by Crippen LogP contribution is 2.42. The molecule has 0 radical (unpaired) electrons. The zero-order chi connectivity index (χ0) is 37.6. The molecule has 2 nitrogen and oxygen atoms in total. The summed E-state index contributed by atoms with van der Waals surface area (Å²) in [7, 11) is -2.64. The van der Waals surface area contributed by atoms with E-state index < -0.39 is 8.07 Å². The van der Waals surface area contributed by atoms with Gasteiger partial charge in [-0.3, -0.25) is 0 Å². The number of nitrogens with zero attached hydrogens (tertiary/aromatic N) is 1. The number of hydrogen-bond donors (Lipinski definition) is 0. The average Bonchev–Trinajstić information content (AvgIpc) is 3.50. The minimum atomic E-state index is -2.64. The molecule has 0 unspecified atom stereocenters. The van der Waals surface area contributed by atoms with Crippen LogP contribution in [-0.4, -0.2) is 14.8 Å². The Kier molecular flexibility index (Phi) is 7.87. The van der Waals surface area contributed by atoms with E-state index in [1.54, 1.807) is 0 Å². The molecule has 0 aliphatic carbocycles. The summed E-state index contributed by atoms with van der Waals surface area (Å²) in [6.07, 6.45) is 0. The van der Waals surface area contributed by atoms with Crippen molar-refractivity contribution in [1.29, 1.82) is 0 Å². The lowest BCUT2D eigenvalue weighted by atomic mass is 9.34. The van der Waals surface area contributed by atoms with E-state index in [9.17, 15) is 0 Å². The number of rotatable bonds is 5. The van der Waals surface area contributed by atoms with Crippen LogP contribution in [0.4, 0.5) is 17.1 Å². The summed E-state index contributed by atoms with van der Waals surface area (Å²) in [5.74, 6) is 3.08. The van der Waals surface area contributed by atoms with Crippen molar-refractivity contribution in [3.05, 3.63) is 168 Å². The Morgan fingerprint density at radius 3 is 1.53 bits per heavy atom. The van der Waals surface area contributed by atoms with Crippen LogP contribution in [0.2, 0.25) is 0 Å². The minimum Gasteiger partial charge on any atom is -0.458 e. The Hall–Kier alpha value is -5.58. The van der Waals surface area contributed by atoms with Gasteiger partial charge < -0.3 is 9.64 Å². The molecule has 7 aromatic carbocycles. The van der Waals surface area contributed by atoms with Crippen molar-refractivity contribution in [2.45, 2.75) is 59.3 Å². The summed E-state index contributed by atoms with van der Waals surface area (Å²) in [4.78, 5) is 2.54.